The maximum absolute atomic E-state index is 13.3. The van der Waals surface area contributed by atoms with Gasteiger partial charge in [0.25, 0.3) is 5.91 Å². The Balaban J connectivity index is 1.64. The third-order valence-corrected chi connectivity index (χ3v) is 5.59. The van der Waals surface area contributed by atoms with E-state index in [4.69, 9.17) is 9.47 Å². The van der Waals surface area contributed by atoms with Gasteiger partial charge in [-0.2, -0.15) is 0 Å². The van der Waals surface area contributed by atoms with Crippen molar-refractivity contribution in [1.82, 2.24) is 9.88 Å². The highest BCUT2D eigenvalue weighted by molar-refractivity contribution is 6.06. The zero-order valence-corrected chi connectivity index (χ0v) is 14.6. The van der Waals surface area contributed by atoms with E-state index in [2.05, 4.69) is 4.98 Å². The Hall–Kier alpha value is -1.98. The van der Waals surface area contributed by atoms with Crippen LogP contribution in [0.3, 0.4) is 0 Å². The minimum absolute atomic E-state index is 0.0796. The molecule has 5 nitrogen and oxygen atoms in total. The number of piperidine rings is 1. The lowest BCUT2D eigenvalue weighted by molar-refractivity contribution is -0.142. The number of ether oxygens (including phenoxy) is 2. The van der Waals surface area contributed by atoms with Gasteiger partial charge in [0.1, 0.15) is 0 Å². The second kappa shape index (κ2) is 6.73. The van der Waals surface area contributed by atoms with Crippen molar-refractivity contribution in [3.8, 4) is 0 Å². The lowest BCUT2D eigenvalue weighted by atomic mass is 9.73. The Labute approximate surface area is 147 Å². The summed E-state index contributed by atoms with van der Waals surface area (Å²) in [5.41, 5.74) is 1.51. The molecule has 2 saturated heterocycles. The summed E-state index contributed by atoms with van der Waals surface area (Å²) in [6.07, 6.45) is 4.86. The predicted molar refractivity (Wildman–Crippen MR) is 95.5 cm³/mol. The maximum Gasteiger partial charge on any atom is 0.254 e. The molecule has 2 aliphatic heterocycles. The Morgan fingerprint density at radius 1 is 1.40 bits per heavy atom. The van der Waals surface area contributed by atoms with Gasteiger partial charge in [0.05, 0.1) is 23.8 Å². The number of carbonyl (C=O) groups excluding carboxylic acids is 1. The average Bonchev–Trinajstić information content (AvgIpc) is 2.66. The van der Waals surface area contributed by atoms with Crippen LogP contribution in [0.2, 0.25) is 0 Å². The quantitative estimate of drug-likeness (QED) is 0.862. The first-order chi connectivity index (χ1) is 12.2. The van der Waals surface area contributed by atoms with E-state index in [1.165, 1.54) is 0 Å². The van der Waals surface area contributed by atoms with Crippen LogP contribution in [0.4, 0.5) is 0 Å². The molecule has 25 heavy (non-hydrogen) atoms. The summed E-state index contributed by atoms with van der Waals surface area (Å²) in [4.78, 5) is 19.6. The molecule has 2 aliphatic rings. The van der Waals surface area contributed by atoms with Crippen LogP contribution in [-0.2, 0) is 9.47 Å². The van der Waals surface area contributed by atoms with E-state index in [0.29, 0.717) is 13.2 Å². The summed E-state index contributed by atoms with van der Waals surface area (Å²) in [7, 11) is 1.73. The first kappa shape index (κ1) is 16.5. The second-order valence-corrected chi connectivity index (χ2v) is 7.15. The molecule has 3 heterocycles. The number of hydrogen-bond acceptors (Lipinski definition) is 4. The molecule has 0 saturated carbocycles. The van der Waals surface area contributed by atoms with Crippen molar-refractivity contribution in [2.75, 3.05) is 33.4 Å². The fourth-order valence-electron chi connectivity index (χ4n) is 4.41. The Kier molecular flexibility index (Phi) is 4.44. The number of amides is 1. The fourth-order valence-corrected chi connectivity index (χ4v) is 4.41. The summed E-state index contributed by atoms with van der Waals surface area (Å²) in [6, 6.07) is 9.64. The Morgan fingerprint density at radius 3 is 3.16 bits per heavy atom. The Bertz CT molecular complexity index is 769. The van der Waals surface area contributed by atoms with Gasteiger partial charge in [0.2, 0.25) is 0 Å². The molecule has 0 radical (unpaired) electrons. The third-order valence-electron chi connectivity index (χ3n) is 5.59. The summed E-state index contributed by atoms with van der Waals surface area (Å²) in [6.45, 7) is 2.88. The summed E-state index contributed by atoms with van der Waals surface area (Å²) in [5.74, 6) is 0.0816. The highest BCUT2D eigenvalue weighted by Crippen LogP contribution is 2.40. The van der Waals surface area contributed by atoms with Gasteiger partial charge in [-0.05, 0) is 31.4 Å². The minimum Gasteiger partial charge on any atom is -0.384 e. The first-order valence-corrected chi connectivity index (χ1v) is 8.97. The van der Waals surface area contributed by atoms with Crippen LogP contribution >= 0.6 is 0 Å². The molecular weight excluding hydrogens is 316 g/mol. The molecule has 0 unspecified atom stereocenters. The van der Waals surface area contributed by atoms with E-state index >= 15 is 0 Å². The molecule has 2 atom stereocenters. The minimum atomic E-state index is -0.0796. The van der Waals surface area contributed by atoms with Crippen molar-refractivity contribution in [3.05, 3.63) is 42.1 Å². The molecule has 132 valence electrons. The van der Waals surface area contributed by atoms with Crippen molar-refractivity contribution in [3.63, 3.8) is 0 Å². The molecule has 1 aromatic heterocycles. The van der Waals surface area contributed by atoms with Crippen LogP contribution < -0.4 is 0 Å². The van der Waals surface area contributed by atoms with Crippen molar-refractivity contribution in [2.24, 2.45) is 5.41 Å². The standard InChI is InChI=1S/C20H24N2O3/c1-24-14-20-9-4-12-25-18(20)8-11-22(13-20)19(23)16-7-10-21-17-6-3-2-5-15(16)17/h2-3,5-7,10,18H,4,8-9,11-14H2,1H3/t18-,20+/m1/s1. The lowest BCUT2D eigenvalue weighted by Gasteiger charge is -2.50. The molecule has 0 bridgehead atoms. The van der Waals surface area contributed by atoms with Crippen LogP contribution in [-0.4, -0.2) is 55.3 Å². The highest BCUT2D eigenvalue weighted by Gasteiger charge is 2.47. The van der Waals surface area contributed by atoms with Crippen LogP contribution in [0.25, 0.3) is 10.9 Å². The SMILES string of the molecule is COC[C@@]12CCCO[C@@H]1CCN(C(=O)c1ccnc3ccccc13)C2. The van der Waals surface area contributed by atoms with Crippen LogP contribution in [0.5, 0.6) is 0 Å². The van der Waals surface area contributed by atoms with Gasteiger partial charge in [-0.3, -0.25) is 9.78 Å². The molecule has 0 N–H and O–H groups in total. The van der Waals surface area contributed by atoms with Gasteiger partial charge in [-0.1, -0.05) is 18.2 Å². The average molecular weight is 340 g/mol. The predicted octanol–water partition coefficient (Wildman–Crippen LogP) is 2.89. The molecule has 2 fully saturated rings. The molecule has 2 aromatic rings. The maximum atomic E-state index is 13.3. The van der Waals surface area contributed by atoms with Gasteiger partial charge < -0.3 is 14.4 Å². The molecule has 0 spiro atoms. The molecule has 0 aliphatic carbocycles. The van der Waals surface area contributed by atoms with E-state index in [-0.39, 0.29) is 17.4 Å². The van der Waals surface area contributed by atoms with E-state index < -0.39 is 0 Å². The monoisotopic (exact) mass is 340 g/mol. The van der Waals surface area contributed by atoms with Gasteiger partial charge in [0.15, 0.2) is 0 Å². The number of pyridine rings is 1. The summed E-state index contributed by atoms with van der Waals surface area (Å²) >= 11 is 0. The van der Waals surface area contributed by atoms with Gasteiger partial charge in [-0.15, -0.1) is 0 Å². The van der Waals surface area contributed by atoms with Crippen molar-refractivity contribution >= 4 is 16.8 Å². The van der Waals surface area contributed by atoms with E-state index in [0.717, 1.165) is 48.9 Å². The van der Waals surface area contributed by atoms with E-state index in [9.17, 15) is 4.79 Å². The van der Waals surface area contributed by atoms with E-state index in [1.807, 2.05) is 35.2 Å². The van der Waals surface area contributed by atoms with Crippen LogP contribution in [0.1, 0.15) is 29.6 Å². The zero-order valence-electron chi connectivity index (χ0n) is 14.6. The van der Waals surface area contributed by atoms with Gasteiger partial charge in [0, 0.05) is 43.8 Å². The highest BCUT2D eigenvalue weighted by atomic mass is 16.5. The lowest BCUT2D eigenvalue weighted by Crippen LogP contribution is -2.58. The number of likely N-dealkylation sites (tertiary alicyclic amines) is 1. The number of fused-ring (bicyclic) bond motifs is 2. The molecular formula is C20H24N2O3. The number of carbonyl (C=O) groups is 1. The molecule has 5 heteroatoms. The summed E-state index contributed by atoms with van der Waals surface area (Å²) < 4.78 is 11.5. The number of nitrogens with zero attached hydrogens (tertiary/aromatic N) is 2. The fraction of sp³-hybridized carbons (Fsp3) is 0.500. The van der Waals surface area contributed by atoms with Gasteiger partial charge in [-0.25, -0.2) is 0 Å². The van der Waals surface area contributed by atoms with Crippen LogP contribution in [0.15, 0.2) is 36.5 Å². The number of rotatable bonds is 3. The first-order valence-electron chi connectivity index (χ1n) is 8.97. The molecule has 4 rings (SSSR count). The molecule has 1 amide bonds. The largest absolute Gasteiger partial charge is 0.384 e. The van der Waals surface area contributed by atoms with Crippen molar-refractivity contribution < 1.29 is 14.3 Å². The topological polar surface area (TPSA) is 51.7 Å². The number of aromatic nitrogens is 1. The van der Waals surface area contributed by atoms with Crippen LogP contribution in [0, 0.1) is 5.41 Å². The second-order valence-electron chi connectivity index (χ2n) is 7.15. The number of hydrogen-bond donors (Lipinski definition) is 0. The third kappa shape index (κ3) is 2.92. The Morgan fingerprint density at radius 2 is 2.28 bits per heavy atom. The van der Waals surface area contributed by atoms with Crippen molar-refractivity contribution in [2.45, 2.75) is 25.4 Å². The van der Waals surface area contributed by atoms with Gasteiger partial charge >= 0.3 is 0 Å². The number of benzene rings is 1. The molecule has 1 aromatic carbocycles. The number of methoxy groups -OCH3 is 1. The number of para-hydroxylation sites is 1. The van der Waals surface area contributed by atoms with Crippen molar-refractivity contribution in [1.29, 1.82) is 0 Å². The zero-order chi connectivity index (χ0) is 17.3. The summed E-state index contributed by atoms with van der Waals surface area (Å²) in [5, 5.41) is 0.915. The van der Waals surface area contributed by atoms with E-state index in [1.54, 1.807) is 13.3 Å². The normalized spacial score (nSPS) is 26.4. The smallest absolute Gasteiger partial charge is 0.254 e.